The summed E-state index contributed by atoms with van der Waals surface area (Å²) in [4.78, 5) is 16.1. The molecule has 2 heterocycles. The fourth-order valence-electron chi connectivity index (χ4n) is 1.71. The van der Waals surface area contributed by atoms with Gasteiger partial charge in [-0.15, -0.1) is 11.8 Å². The summed E-state index contributed by atoms with van der Waals surface area (Å²) in [6, 6.07) is 5.48. The third kappa shape index (κ3) is 2.73. The van der Waals surface area contributed by atoms with Gasteiger partial charge in [-0.2, -0.15) is 0 Å². The van der Waals surface area contributed by atoms with Crippen molar-refractivity contribution in [2.75, 3.05) is 0 Å². The molecule has 0 bridgehead atoms. The minimum atomic E-state index is -0.943. The topological polar surface area (TPSA) is 63.3 Å². The van der Waals surface area contributed by atoms with Gasteiger partial charge < -0.3 is 9.52 Å². The first-order chi connectivity index (χ1) is 8.58. The molecule has 0 spiro atoms. The van der Waals surface area contributed by atoms with Crippen molar-refractivity contribution in [3.8, 4) is 0 Å². The van der Waals surface area contributed by atoms with Crippen LogP contribution in [-0.2, 0) is 5.75 Å². The van der Waals surface area contributed by atoms with Crippen LogP contribution in [0.3, 0.4) is 0 Å². The molecule has 0 saturated heterocycles. The van der Waals surface area contributed by atoms with Crippen LogP contribution < -0.4 is 0 Å². The Morgan fingerprint density at radius 2 is 2.28 bits per heavy atom. The average molecular weight is 263 g/mol. The molecule has 0 unspecified atom stereocenters. The van der Waals surface area contributed by atoms with Crippen molar-refractivity contribution in [2.24, 2.45) is 0 Å². The molecule has 1 N–H and O–H groups in total. The van der Waals surface area contributed by atoms with Crippen LogP contribution in [0.5, 0.6) is 0 Å². The van der Waals surface area contributed by atoms with E-state index in [4.69, 9.17) is 4.42 Å². The van der Waals surface area contributed by atoms with Gasteiger partial charge in [0.15, 0.2) is 0 Å². The summed E-state index contributed by atoms with van der Waals surface area (Å²) in [7, 11) is 0. The highest BCUT2D eigenvalue weighted by atomic mass is 32.2. The van der Waals surface area contributed by atoms with E-state index in [9.17, 15) is 9.90 Å². The number of hydrogen-bond acceptors (Lipinski definition) is 4. The summed E-state index contributed by atoms with van der Waals surface area (Å²) >= 11 is 1.45. The van der Waals surface area contributed by atoms with Crippen molar-refractivity contribution < 1.29 is 14.3 Å². The summed E-state index contributed by atoms with van der Waals surface area (Å²) in [6.07, 6.45) is 1.61. The van der Waals surface area contributed by atoms with Gasteiger partial charge in [-0.1, -0.05) is 0 Å². The molecule has 0 atom stereocenters. The van der Waals surface area contributed by atoms with Gasteiger partial charge in [-0.25, -0.2) is 4.79 Å². The molecule has 0 aliphatic carbocycles. The highest BCUT2D eigenvalue weighted by Crippen LogP contribution is 2.28. The summed E-state index contributed by atoms with van der Waals surface area (Å²) in [5, 5.41) is 9.22. The lowest BCUT2D eigenvalue weighted by molar-refractivity contribution is 0.0691. The number of nitrogens with zero attached hydrogens (tertiary/aromatic N) is 1. The fraction of sp³-hybridized carbons (Fsp3) is 0.231. The first-order valence-electron chi connectivity index (χ1n) is 5.44. The Morgan fingerprint density at radius 3 is 2.89 bits per heavy atom. The van der Waals surface area contributed by atoms with E-state index in [2.05, 4.69) is 4.98 Å². The van der Waals surface area contributed by atoms with Gasteiger partial charge in [-0.05, 0) is 32.0 Å². The van der Waals surface area contributed by atoms with Gasteiger partial charge in [0.25, 0.3) is 0 Å². The van der Waals surface area contributed by atoms with Crippen LogP contribution in [0.1, 0.15) is 27.5 Å². The van der Waals surface area contributed by atoms with E-state index in [0.717, 1.165) is 16.3 Å². The smallest absolute Gasteiger partial charge is 0.338 e. The Bertz CT molecular complexity index is 564. The lowest BCUT2D eigenvalue weighted by atomic mass is 10.2. The minimum Gasteiger partial charge on any atom is -0.478 e. The molecule has 2 aromatic rings. The van der Waals surface area contributed by atoms with Crippen LogP contribution >= 0.6 is 11.8 Å². The SMILES string of the molecule is Cc1cc(SCc2ccco2)c(C(=O)O)c(C)n1. The van der Waals surface area contributed by atoms with Crippen molar-refractivity contribution >= 4 is 17.7 Å². The van der Waals surface area contributed by atoms with Crippen LogP contribution in [0.2, 0.25) is 0 Å². The first kappa shape index (κ1) is 12.7. The maximum Gasteiger partial charge on any atom is 0.338 e. The van der Waals surface area contributed by atoms with E-state index in [1.165, 1.54) is 11.8 Å². The molecule has 0 fully saturated rings. The predicted octanol–water partition coefficient (Wildman–Crippen LogP) is 3.28. The number of thioether (sulfide) groups is 1. The molecule has 2 rings (SSSR count). The number of carboxylic acid groups (broad SMARTS) is 1. The van der Waals surface area contributed by atoms with Gasteiger partial charge in [-0.3, -0.25) is 4.98 Å². The zero-order valence-electron chi connectivity index (χ0n) is 10.1. The van der Waals surface area contributed by atoms with Gasteiger partial charge in [0, 0.05) is 10.6 Å². The fourth-order valence-corrected chi connectivity index (χ4v) is 2.81. The van der Waals surface area contributed by atoms with E-state index in [1.807, 2.05) is 19.1 Å². The predicted molar refractivity (Wildman–Crippen MR) is 68.9 cm³/mol. The molecule has 4 nitrogen and oxygen atoms in total. The monoisotopic (exact) mass is 263 g/mol. The molecular weight excluding hydrogens is 250 g/mol. The number of carbonyl (C=O) groups is 1. The van der Waals surface area contributed by atoms with Crippen molar-refractivity contribution in [1.82, 2.24) is 4.98 Å². The molecule has 5 heteroatoms. The highest BCUT2D eigenvalue weighted by Gasteiger charge is 2.16. The summed E-state index contributed by atoms with van der Waals surface area (Å²) in [5.74, 6) is 0.487. The number of hydrogen-bond donors (Lipinski definition) is 1. The van der Waals surface area contributed by atoms with Crippen LogP contribution in [0.15, 0.2) is 33.8 Å². The van der Waals surface area contributed by atoms with Crippen LogP contribution in [-0.4, -0.2) is 16.1 Å². The molecule has 0 aromatic carbocycles. The second kappa shape index (κ2) is 5.27. The highest BCUT2D eigenvalue weighted by molar-refractivity contribution is 7.98. The van der Waals surface area contributed by atoms with Crippen LogP contribution in [0, 0.1) is 13.8 Å². The van der Waals surface area contributed by atoms with E-state index in [-0.39, 0.29) is 5.56 Å². The minimum absolute atomic E-state index is 0.275. The Hall–Kier alpha value is -1.75. The molecule has 94 valence electrons. The summed E-state index contributed by atoms with van der Waals surface area (Å²) < 4.78 is 5.23. The number of carboxylic acids is 1. The normalized spacial score (nSPS) is 10.6. The Morgan fingerprint density at radius 1 is 1.50 bits per heavy atom. The van der Waals surface area contributed by atoms with Crippen molar-refractivity contribution in [2.45, 2.75) is 24.5 Å². The van der Waals surface area contributed by atoms with Gasteiger partial charge in [0.05, 0.1) is 23.3 Å². The zero-order valence-corrected chi connectivity index (χ0v) is 11.0. The molecule has 0 aliphatic heterocycles. The van der Waals surface area contributed by atoms with E-state index >= 15 is 0 Å². The molecule has 0 saturated carbocycles. The van der Waals surface area contributed by atoms with Crippen LogP contribution in [0.25, 0.3) is 0 Å². The molecule has 18 heavy (non-hydrogen) atoms. The third-order valence-electron chi connectivity index (χ3n) is 2.46. The van der Waals surface area contributed by atoms with Gasteiger partial charge >= 0.3 is 5.97 Å². The molecular formula is C13H13NO3S. The first-order valence-corrected chi connectivity index (χ1v) is 6.43. The second-order valence-electron chi connectivity index (χ2n) is 3.90. The average Bonchev–Trinajstić information content (AvgIpc) is 2.77. The van der Waals surface area contributed by atoms with E-state index < -0.39 is 5.97 Å². The number of aryl methyl sites for hydroxylation is 2. The lowest BCUT2D eigenvalue weighted by Crippen LogP contribution is -2.05. The number of furan rings is 1. The molecule has 0 aliphatic rings. The lowest BCUT2D eigenvalue weighted by Gasteiger charge is -2.08. The maximum absolute atomic E-state index is 11.2. The Labute approximate surface area is 109 Å². The van der Waals surface area contributed by atoms with Crippen molar-refractivity contribution in [3.05, 3.63) is 47.2 Å². The molecule has 0 radical (unpaired) electrons. The Balaban J connectivity index is 2.28. The number of aromatic carboxylic acids is 1. The van der Waals surface area contributed by atoms with Gasteiger partial charge in [0.1, 0.15) is 5.76 Å². The second-order valence-corrected chi connectivity index (χ2v) is 4.91. The van der Waals surface area contributed by atoms with E-state index in [1.54, 1.807) is 19.3 Å². The van der Waals surface area contributed by atoms with Crippen molar-refractivity contribution in [3.63, 3.8) is 0 Å². The Kier molecular flexibility index (Phi) is 3.72. The van der Waals surface area contributed by atoms with Gasteiger partial charge in [0.2, 0.25) is 0 Å². The number of pyridine rings is 1. The quantitative estimate of drug-likeness (QED) is 0.857. The summed E-state index contributed by atoms with van der Waals surface area (Å²) in [6.45, 7) is 3.57. The number of rotatable bonds is 4. The third-order valence-corrected chi connectivity index (χ3v) is 3.52. The van der Waals surface area contributed by atoms with Crippen LogP contribution in [0.4, 0.5) is 0 Å². The van der Waals surface area contributed by atoms with E-state index in [0.29, 0.717) is 11.4 Å². The van der Waals surface area contributed by atoms with Crippen molar-refractivity contribution in [1.29, 1.82) is 0 Å². The maximum atomic E-state index is 11.2. The standard InChI is InChI=1S/C13H13NO3S/c1-8-6-11(12(13(15)16)9(2)14-8)18-7-10-4-3-5-17-10/h3-6H,7H2,1-2H3,(H,15,16). The molecule has 0 amide bonds. The summed E-state index contributed by atoms with van der Waals surface area (Å²) in [5.41, 5.74) is 1.64. The number of aromatic nitrogens is 1. The molecule has 2 aromatic heterocycles. The zero-order chi connectivity index (χ0) is 13.1. The largest absolute Gasteiger partial charge is 0.478 e.